The van der Waals surface area contributed by atoms with Gasteiger partial charge in [-0.2, -0.15) is 5.10 Å². The van der Waals surface area contributed by atoms with Gasteiger partial charge in [0.05, 0.1) is 11.1 Å². The number of aromatic nitrogens is 2. The van der Waals surface area contributed by atoms with Crippen LogP contribution in [0.3, 0.4) is 0 Å². The number of hydrogen-bond acceptors (Lipinski definition) is 4. The number of fused-ring (bicyclic) bond motifs is 1. The molecule has 1 heterocycles. The third-order valence-electron chi connectivity index (χ3n) is 3.18. The average Bonchev–Trinajstić information content (AvgIpc) is 2.81. The highest BCUT2D eigenvalue weighted by atomic mass is 79.9. The second kappa shape index (κ2) is 6.88. The van der Waals surface area contributed by atoms with E-state index < -0.39 is 11.5 Å². The number of benzene rings is 1. The number of carbonyl (C=O) groups excluding carboxylic acids is 2. The van der Waals surface area contributed by atoms with Gasteiger partial charge in [0, 0.05) is 16.9 Å². The van der Waals surface area contributed by atoms with Gasteiger partial charge in [0.1, 0.15) is 12.5 Å². The van der Waals surface area contributed by atoms with E-state index >= 15 is 0 Å². The van der Waals surface area contributed by atoms with Crippen LogP contribution in [0.2, 0.25) is 0 Å². The van der Waals surface area contributed by atoms with E-state index in [1.165, 1.54) is 0 Å². The van der Waals surface area contributed by atoms with Gasteiger partial charge >= 0.3 is 5.97 Å². The smallest absolute Gasteiger partial charge is 0.320 e. The summed E-state index contributed by atoms with van der Waals surface area (Å²) >= 11 is 8.78. The standard InChI is InChI=1S/C15H17BrClN3O3/c1-15(2,8-23-12(21)7-17)18-14(22)13-10-6-9(16)4-5-11(10)20(3)19-13/h4-6H,7-8H2,1-3H3,(H,18,22). The van der Waals surface area contributed by atoms with Gasteiger partial charge < -0.3 is 10.1 Å². The number of carbonyl (C=O) groups is 2. The molecular formula is C15H17BrClN3O3. The number of nitrogens with one attached hydrogen (secondary N) is 1. The first kappa shape index (κ1) is 17.7. The van der Waals surface area contributed by atoms with E-state index in [0.717, 1.165) is 15.4 Å². The molecule has 0 radical (unpaired) electrons. The molecule has 0 fully saturated rings. The van der Waals surface area contributed by atoms with Gasteiger partial charge in [0.15, 0.2) is 5.69 Å². The van der Waals surface area contributed by atoms with E-state index in [0.29, 0.717) is 5.69 Å². The van der Waals surface area contributed by atoms with E-state index in [1.54, 1.807) is 25.6 Å². The Hall–Kier alpha value is -1.60. The van der Waals surface area contributed by atoms with Crippen molar-refractivity contribution in [2.45, 2.75) is 19.4 Å². The zero-order valence-corrected chi connectivity index (χ0v) is 15.4. The zero-order chi connectivity index (χ0) is 17.2. The third-order valence-corrected chi connectivity index (χ3v) is 3.89. The van der Waals surface area contributed by atoms with Gasteiger partial charge in [-0.3, -0.25) is 14.3 Å². The van der Waals surface area contributed by atoms with Crippen LogP contribution < -0.4 is 5.32 Å². The highest BCUT2D eigenvalue weighted by molar-refractivity contribution is 9.10. The summed E-state index contributed by atoms with van der Waals surface area (Å²) in [5.74, 6) is -1.08. The molecule has 8 heteroatoms. The van der Waals surface area contributed by atoms with E-state index in [9.17, 15) is 9.59 Å². The number of hydrogen-bond donors (Lipinski definition) is 1. The van der Waals surface area contributed by atoms with E-state index in [2.05, 4.69) is 26.3 Å². The van der Waals surface area contributed by atoms with Crippen LogP contribution in [0.25, 0.3) is 10.9 Å². The Morgan fingerprint density at radius 3 is 2.78 bits per heavy atom. The number of halogens is 2. The van der Waals surface area contributed by atoms with Crippen molar-refractivity contribution in [1.29, 1.82) is 0 Å². The van der Waals surface area contributed by atoms with Crippen molar-refractivity contribution in [3.8, 4) is 0 Å². The van der Waals surface area contributed by atoms with Gasteiger partial charge in [-0.15, -0.1) is 11.6 Å². The Balaban J connectivity index is 2.20. The molecule has 1 aromatic heterocycles. The zero-order valence-electron chi connectivity index (χ0n) is 13.0. The molecular weight excluding hydrogens is 386 g/mol. The molecule has 1 aromatic carbocycles. The maximum atomic E-state index is 12.5. The summed E-state index contributed by atoms with van der Waals surface area (Å²) < 4.78 is 7.50. The summed E-state index contributed by atoms with van der Waals surface area (Å²) in [7, 11) is 1.78. The fraction of sp³-hybridized carbons (Fsp3) is 0.400. The molecule has 0 aliphatic carbocycles. The largest absolute Gasteiger partial charge is 0.462 e. The summed E-state index contributed by atoms with van der Waals surface area (Å²) in [6.45, 7) is 3.54. The maximum Gasteiger partial charge on any atom is 0.320 e. The molecule has 23 heavy (non-hydrogen) atoms. The highest BCUT2D eigenvalue weighted by Crippen LogP contribution is 2.23. The number of ether oxygens (including phenoxy) is 1. The molecule has 0 aliphatic rings. The molecule has 1 amide bonds. The minimum Gasteiger partial charge on any atom is -0.462 e. The van der Waals surface area contributed by atoms with Crippen LogP contribution in [0.1, 0.15) is 24.3 Å². The first-order valence-electron chi connectivity index (χ1n) is 6.90. The first-order chi connectivity index (χ1) is 10.7. The van der Waals surface area contributed by atoms with Crippen LogP contribution in [-0.4, -0.2) is 39.7 Å². The van der Waals surface area contributed by atoms with Gasteiger partial charge in [-0.1, -0.05) is 15.9 Å². The van der Waals surface area contributed by atoms with Gasteiger partial charge in [-0.05, 0) is 32.0 Å². The fourth-order valence-electron chi connectivity index (χ4n) is 2.11. The molecule has 2 aromatic rings. The van der Waals surface area contributed by atoms with Crippen molar-refractivity contribution in [3.63, 3.8) is 0 Å². The molecule has 0 unspecified atom stereocenters. The van der Waals surface area contributed by atoms with Crippen LogP contribution in [0.15, 0.2) is 22.7 Å². The maximum absolute atomic E-state index is 12.5. The van der Waals surface area contributed by atoms with Crippen molar-refractivity contribution < 1.29 is 14.3 Å². The Labute approximate surface area is 147 Å². The molecule has 0 saturated carbocycles. The SMILES string of the molecule is Cn1nc(C(=O)NC(C)(C)COC(=O)CCl)c2cc(Br)ccc21. The fourth-order valence-corrected chi connectivity index (χ4v) is 2.55. The van der Waals surface area contributed by atoms with Crippen molar-refractivity contribution >= 4 is 50.3 Å². The number of rotatable bonds is 5. The quantitative estimate of drug-likeness (QED) is 0.616. The lowest BCUT2D eigenvalue weighted by molar-refractivity contribution is -0.142. The lowest BCUT2D eigenvalue weighted by Gasteiger charge is -2.25. The Morgan fingerprint density at radius 2 is 2.13 bits per heavy atom. The van der Waals surface area contributed by atoms with Crippen molar-refractivity contribution in [2.75, 3.05) is 12.5 Å². The highest BCUT2D eigenvalue weighted by Gasteiger charge is 2.26. The summed E-state index contributed by atoms with van der Waals surface area (Å²) in [5, 5.41) is 7.85. The number of nitrogens with zero attached hydrogens (tertiary/aromatic N) is 2. The molecule has 0 aliphatic heterocycles. The predicted molar refractivity (Wildman–Crippen MR) is 91.6 cm³/mol. The third kappa shape index (κ3) is 4.23. The van der Waals surface area contributed by atoms with Crippen LogP contribution in [0.4, 0.5) is 0 Å². The minimum atomic E-state index is -0.741. The normalized spacial score (nSPS) is 11.5. The molecule has 0 atom stereocenters. The average molecular weight is 403 g/mol. The Bertz CT molecular complexity index is 758. The van der Waals surface area contributed by atoms with E-state index in [-0.39, 0.29) is 18.4 Å². The summed E-state index contributed by atoms with van der Waals surface area (Å²) in [6.07, 6.45) is 0. The Kier molecular flexibility index (Phi) is 5.31. The monoisotopic (exact) mass is 401 g/mol. The second-order valence-corrected chi connectivity index (χ2v) is 6.95. The molecule has 0 bridgehead atoms. The number of esters is 1. The first-order valence-corrected chi connectivity index (χ1v) is 8.22. The van der Waals surface area contributed by atoms with Crippen molar-refractivity contribution in [3.05, 3.63) is 28.4 Å². The summed E-state index contributed by atoms with van der Waals surface area (Å²) in [4.78, 5) is 23.7. The minimum absolute atomic E-state index is 0.0265. The predicted octanol–water partition coefficient (Wildman–Crippen LogP) is 2.63. The van der Waals surface area contributed by atoms with Crippen molar-refractivity contribution in [1.82, 2.24) is 15.1 Å². The molecule has 124 valence electrons. The topological polar surface area (TPSA) is 73.2 Å². The summed E-state index contributed by atoms with van der Waals surface area (Å²) in [5.41, 5.74) is 0.430. The van der Waals surface area contributed by atoms with Crippen LogP contribution in [-0.2, 0) is 16.6 Å². The van der Waals surface area contributed by atoms with E-state index in [4.69, 9.17) is 16.3 Å². The van der Waals surface area contributed by atoms with Gasteiger partial charge in [0.2, 0.25) is 0 Å². The van der Waals surface area contributed by atoms with Gasteiger partial charge in [0.25, 0.3) is 5.91 Å². The van der Waals surface area contributed by atoms with Crippen molar-refractivity contribution in [2.24, 2.45) is 7.05 Å². The number of aryl methyl sites for hydroxylation is 1. The summed E-state index contributed by atoms with van der Waals surface area (Å²) in [6, 6.07) is 5.62. The second-order valence-electron chi connectivity index (χ2n) is 5.77. The number of amides is 1. The van der Waals surface area contributed by atoms with Crippen LogP contribution >= 0.6 is 27.5 Å². The molecule has 1 N–H and O–H groups in total. The molecule has 2 rings (SSSR count). The van der Waals surface area contributed by atoms with Crippen LogP contribution in [0.5, 0.6) is 0 Å². The van der Waals surface area contributed by atoms with Crippen LogP contribution in [0, 0.1) is 0 Å². The molecule has 0 spiro atoms. The molecule has 6 nitrogen and oxygen atoms in total. The lowest BCUT2D eigenvalue weighted by Crippen LogP contribution is -2.47. The number of alkyl halides is 1. The Morgan fingerprint density at radius 1 is 1.43 bits per heavy atom. The molecule has 0 saturated heterocycles. The van der Waals surface area contributed by atoms with Gasteiger partial charge in [-0.25, -0.2) is 0 Å². The lowest BCUT2D eigenvalue weighted by atomic mass is 10.1. The van der Waals surface area contributed by atoms with E-state index in [1.807, 2.05) is 18.2 Å².